The summed E-state index contributed by atoms with van der Waals surface area (Å²) in [5.41, 5.74) is 2.26. The van der Waals surface area contributed by atoms with E-state index in [1.165, 1.54) is 24.4 Å². The third-order valence-corrected chi connectivity index (χ3v) is 3.84. The van der Waals surface area contributed by atoms with E-state index in [0.29, 0.717) is 11.9 Å². The molecule has 0 saturated carbocycles. The molecule has 2 aromatic carbocycles. The molecule has 0 saturated heterocycles. The highest BCUT2D eigenvalue weighted by molar-refractivity contribution is 6.03. The van der Waals surface area contributed by atoms with Gasteiger partial charge in [0.05, 0.1) is 5.69 Å². The Morgan fingerprint density at radius 2 is 1.69 bits per heavy atom. The number of hydrogen-bond acceptors (Lipinski definition) is 4. The van der Waals surface area contributed by atoms with Crippen LogP contribution in [0.1, 0.15) is 35.8 Å². The zero-order valence-corrected chi connectivity index (χ0v) is 14.5. The van der Waals surface area contributed by atoms with Gasteiger partial charge in [0.2, 0.25) is 5.95 Å². The number of hydrogen-bond donors (Lipinski definition) is 2. The third kappa shape index (κ3) is 4.03. The van der Waals surface area contributed by atoms with Crippen LogP contribution in [0.25, 0.3) is 0 Å². The van der Waals surface area contributed by atoms with Crippen LogP contribution in [0.4, 0.5) is 21.7 Å². The van der Waals surface area contributed by atoms with Crippen LogP contribution >= 0.6 is 0 Å². The van der Waals surface area contributed by atoms with Crippen molar-refractivity contribution in [2.45, 2.75) is 19.8 Å². The van der Waals surface area contributed by atoms with Gasteiger partial charge in [-0.15, -0.1) is 0 Å². The normalized spacial score (nSPS) is 10.6. The number of para-hydroxylation sites is 2. The summed E-state index contributed by atoms with van der Waals surface area (Å²) in [6, 6.07) is 15.3. The fourth-order valence-electron chi connectivity index (χ4n) is 2.53. The monoisotopic (exact) mass is 350 g/mol. The summed E-state index contributed by atoms with van der Waals surface area (Å²) in [5.74, 6) is -0.373. The zero-order valence-electron chi connectivity index (χ0n) is 14.5. The smallest absolute Gasteiger partial charge is 0.274 e. The van der Waals surface area contributed by atoms with Gasteiger partial charge in [0, 0.05) is 11.9 Å². The van der Waals surface area contributed by atoms with E-state index >= 15 is 0 Å². The van der Waals surface area contributed by atoms with E-state index in [1.807, 2.05) is 24.3 Å². The first-order chi connectivity index (χ1) is 12.5. The van der Waals surface area contributed by atoms with Gasteiger partial charge in [-0.2, -0.15) is 0 Å². The Labute approximate surface area is 151 Å². The second kappa shape index (κ2) is 7.74. The van der Waals surface area contributed by atoms with Gasteiger partial charge in [-0.1, -0.05) is 44.2 Å². The minimum absolute atomic E-state index is 0.107. The highest BCUT2D eigenvalue weighted by atomic mass is 19.1. The minimum atomic E-state index is -0.502. The van der Waals surface area contributed by atoms with Crippen molar-refractivity contribution in [1.82, 2.24) is 9.97 Å². The molecule has 132 valence electrons. The van der Waals surface area contributed by atoms with Crippen LogP contribution in [0.3, 0.4) is 0 Å². The highest BCUT2D eigenvalue weighted by Gasteiger charge is 2.12. The molecule has 1 aromatic heterocycles. The summed E-state index contributed by atoms with van der Waals surface area (Å²) < 4.78 is 13.7. The van der Waals surface area contributed by atoms with Gasteiger partial charge in [-0.05, 0) is 35.7 Å². The SMILES string of the molecule is CC(C)c1ccccc1Nc1nccc(C(=O)Nc2ccccc2F)n1. The number of rotatable bonds is 5. The van der Waals surface area contributed by atoms with Crippen molar-refractivity contribution in [2.75, 3.05) is 10.6 Å². The maximum absolute atomic E-state index is 13.7. The Balaban J connectivity index is 1.81. The van der Waals surface area contributed by atoms with Gasteiger partial charge in [0.1, 0.15) is 11.5 Å². The highest BCUT2D eigenvalue weighted by Crippen LogP contribution is 2.25. The summed E-state index contributed by atoms with van der Waals surface area (Å²) in [6.45, 7) is 4.19. The van der Waals surface area contributed by atoms with E-state index in [4.69, 9.17) is 0 Å². The molecule has 2 N–H and O–H groups in total. The molecule has 5 nitrogen and oxygen atoms in total. The molecule has 0 aliphatic heterocycles. The Hall–Kier alpha value is -3.28. The van der Waals surface area contributed by atoms with Gasteiger partial charge in [0.25, 0.3) is 5.91 Å². The van der Waals surface area contributed by atoms with E-state index in [9.17, 15) is 9.18 Å². The number of nitrogens with zero attached hydrogens (tertiary/aromatic N) is 2. The van der Waals surface area contributed by atoms with Crippen molar-refractivity contribution in [3.05, 3.63) is 77.9 Å². The van der Waals surface area contributed by atoms with E-state index in [2.05, 4.69) is 34.4 Å². The standard InChI is InChI=1S/C20H19FN4O/c1-13(2)14-7-3-5-9-16(14)24-20-22-12-11-18(25-20)19(26)23-17-10-6-4-8-15(17)21/h3-13H,1-2H3,(H,23,26)(H,22,24,25). The molecule has 0 radical (unpaired) electrons. The largest absolute Gasteiger partial charge is 0.324 e. The van der Waals surface area contributed by atoms with Crippen molar-refractivity contribution in [3.63, 3.8) is 0 Å². The molecule has 0 aliphatic rings. The lowest BCUT2D eigenvalue weighted by Crippen LogP contribution is -2.15. The lowest BCUT2D eigenvalue weighted by Gasteiger charge is -2.13. The molecule has 0 spiro atoms. The van der Waals surface area contributed by atoms with E-state index < -0.39 is 11.7 Å². The second-order valence-electron chi connectivity index (χ2n) is 6.07. The molecule has 26 heavy (non-hydrogen) atoms. The first-order valence-electron chi connectivity index (χ1n) is 8.29. The lowest BCUT2D eigenvalue weighted by atomic mass is 10.0. The molecular weight excluding hydrogens is 331 g/mol. The summed E-state index contributed by atoms with van der Waals surface area (Å²) in [7, 11) is 0. The molecule has 0 bridgehead atoms. The van der Waals surface area contributed by atoms with Crippen molar-refractivity contribution < 1.29 is 9.18 Å². The molecule has 1 heterocycles. The maximum Gasteiger partial charge on any atom is 0.274 e. The quantitative estimate of drug-likeness (QED) is 0.698. The van der Waals surface area contributed by atoms with Crippen molar-refractivity contribution >= 4 is 23.2 Å². The summed E-state index contributed by atoms with van der Waals surface area (Å²) >= 11 is 0. The van der Waals surface area contributed by atoms with Gasteiger partial charge in [-0.25, -0.2) is 14.4 Å². The Morgan fingerprint density at radius 3 is 2.42 bits per heavy atom. The van der Waals surface area contributed by atoms with E-state index in [0.717, 1.165) is 11.3 Å². The van der Waals surface area contributed by atoms with Crippen molar-refractivity contribution in [2.24, 2.45) is 0 Å². The molecule has 1 amide bonds. The summed E-state index contributed by atoms with van der Waals surface area (Å²) in [6.07, 6.45) is 1.49. The third-order valence-electron chi connectivity index (χ3n) is 3.84. The molecule has 6 heteroatoms. The molecule has 3 rings (SSSR count). The predicted molar refractivity (Wildman–Crippen MR) is 100 cm³/mol. The Bertz CT molecular complexity index is 927. The number of amides is 1. The Kier molecular flexibility index (Phi) is 5.22. The van der Waals surface area contributed by atoms with Crippen LogP contribution in [0.15, 0.2) is 60.8 Å². The van der Waals surface area contributed by atoms with Gasteiger partial charge in [-0.3, -0.25) is 4.79 Å². The van der Waals surface area contributed by atoms with Crippen LogP contribution in [-0.4, -0.2) is 15.9 Å². The number of aromatic nitrogens is 2. The van der Waals surface area contributed by atoms with Crippen LogP contribution in [-0.2, 0) is 0 Å². The maximum atomic E-state index is 13.7. The van der Waals surface area contributed by atoms with Crippen LogP contribution in [0.2, 0.25) is 0 Å². The number of halogens is 1. The second-order valence-corrected chi connectivity index (χ2v) is 6.07. The number of carbonyl (C=O) groups excluding carboxylic acids is 1. The summed E-state index contributed by atoms with van der Waals surface area (Å²) in [4.78, 5) is 20.8. The first kappa shape index (κ1) is 17.5. The number of benzene rings is 2. The lowest BCUT2D eigenvalue weighted by molar-refractivity contribution is 0.102. The zero-order chi connectivity index (χ0) is 18.5. The van der Waals surface area contributed by atoms with Crippen LogP contribution in [0.5, 0.6) is 0 Å². The molecule has 0 atom stereocenters. The molecule has 0 fully saturated rings. The Morgan fingerprint density at radius 1 is 1.00 bits per heavy atom. The minimum Gasteiger partial charge on any atom is -0.324 e. The summed E-state index contributed by atoms with van der Waals surface area (Å²) in [5, 5.41) is 5.66. The molecule has 3 aromatic rings. The fraction of sp³-hybridized carbons (Fsp3) is 0.150. The molecule has 0 aliphatic carbocycles. The van der Waals surface area contributed by atoms with E-state index in [-0.39, 0.29) is 11.4 Å². The predicted octanol–water partition coefficient (Wildman–Crippen LogP) is 4.74. The fourth-order valence-corrected chi connectivity index (χ4v) is 2.53. The first-order valence-corrected chi connectivity index (χ1v) is 8.29. The van der Waals surface area contributed by atoms with Crippen LogP contribution < -0.4 is 10.6 Å². The average Bonchev–Trinajstić information content (AvgIpc) is 2.64. The number of anilines is 3. The van der Waals surface area contributed by atoms with Crippen molar-refractivity contribution in [3.8, 4) is 0 Å². The molecule has 0 unspecified atom stereocenters. The average molecular weight is 350 g/mol. The van der Waals surface area contributed by atoms with Gasteiger partial charge >= 0.3 is 0 Å². The van der Waals surface area contributed by atoms with Gasteiger partial charge < -0.3 is 10.6 Å². The van der Waals surface area contributed by atoms with Crippen molar-refractivity contribution in [1.29, 1.82) is 0 Å². The number of carbonyl (C=O) groups is 1. The van der Waals surface area contributed by atoms with E-state index in [1.54, 1.807) is 12.1 Å². The van der Waals surface area contributed by atoms with Gasteiger partial charge in [0.15, 0.2) is 0 Å². The molecular formula is C20H19FN4O. The topological polar surface area (TPSA) is 66.9 Å². The number of nitrogens with one attached hydrogen (secondary N) is 2. The van der Waals surface area contributed by atoms with Crippen LogP contribution in [0, 0.1) is 5.82 Å².